The quantitative estimate of drug-likeness (QED) is 0.377. The van der Waals surface area contributed by atoms with E-state index in [0.717, 1.165) is 66.1 Å². The maximum Gasteiger partial charge on any atom is 0.164 e. The zero-order chi connectivity index (χ0) is 26.9. The second-order valence-electron chi connectivity index (χ2n) is 11.6. The number of piperazine rings is 1. The van der Waals surface area contributed by atoms with Crippen LogP contribution in [0, 0.1) is 5.41 Å². The largest absolute Gasteiger partial charge is 0.457 e. The lowest BCUT2D eigenvalue weighted by molar-refractivity contribution is -0.0677. The number of para-hydroxylation sites is 1. The molecule has 4 aromatic rings. The molecule has 9 heteroatoms. The van der Waals surface area contributed by atoms with Gasteiger partial charge in [0.25, 0.3) is 0 Å². The molecule has 8 rings (SSSR count). The Morgan fingerprint density at radius 2 is 1.62 bits per heavy atom. The molecule has 9 nitrogen and oxygen atoms in total. The summed E-state index contributed by atoms with van der Waals surface area (Å²) >= 11 is 0. The number of nitrogens with zero attached hydrogens (tertiary/aromatic N) is 5. The Hall–Kier alpha value is -3.53. The molecule has 0 atom stereocenters. The van der Waals surface area contributed by atoms with Crippen molar-refractivity contribution >= 4 is 16.9 Å². The molecule has 2 saturated carbocycles. The summed E-state index contributed by atoms with van der Waals surface area (Å²) < 4.78 is 13.1. The summed E-state index contributed by atoms with van der Waals surface area (Å²) in [5, 5.41) is 9.15. The third-order valence-electron chi connectivity index (χ3n) is 9.01. The van der Waals surface area contributed by atoms with Crippen molar-refractivity contribution in [2.24, 2.45) is 5.41 Å². The van der Waals surface area contributed by atoms with Gasteiger partial charge in [0.1, 0.15) is 29.3 Å². The summed E-state index contributed by atoms with van der Waals surface area (Å²) in [5.41, 5.74) is 9.48. The maximum atomic E-state index is 6.26. The number of aromatic nitrogens is 4. The minimum Gasteiger partial charge on any atom is -0.457 e. The number of nitrogens with one attached hydrogen (secondary N) is 1. The fourth-order valence-corrected chi connectivity index (χ4v) is 6.44. The molecule has 4 heterocycles. The first-order chi connectivity index (χ1) is 19.7. The summed E-state index contributed by atoms with van der Waals surface area (Å²) in [4.78, 5) is 11.3. The molecule has 2 aromatic heterocycles. The lowest BCUT2D eigenvalue weighted by Gasteiger charge is -2.54. The van der Waals surface area contributed by atoms with Crippen molar-refractivity contribution in [3.63, 3.8) is 0 Å². The van der Waals surface area contributed by atoms with Gasteiger partial charge in [-0.1, -0.05) is 24.6 Å². The van der Waals surface area contributed by atoms with E-state index < -0.39 is 0 Å². The Bertz CT molecular complexity index is 1430. The van der Waals surface area contributed by atoms with Crippen molar-refractivity contribution in [2.75, 3.05) is 45.1 Å². The molecular weight excluding hydrogens is 502 g/mol. The summed E-state index contributed by atoms with van der Waals surface area (Å²) in [7, 11) is 0. The zero-order valence-corrected chi connectivity index (χ0v) is 22.8. The standard InChI is InChI=1S/C24H23N5O.C7H14N2O/c25-22-20-21(16-7-9-19(10-8-16)30-18-5-2-1-3-6-18)28-29(23(20)27-15-26-22)17-13-24(14-17)11-4-12-24;1-3-9(4-2-8-1)7-5-10-6-7/h1-3,5-10,15,17H,4,11-14H2,(H2,25,26,27);7-8H,1-6H2. The number of anilines is 1. The normalized spacial score (nSPS) is 20.7. The van der Waals surface area contributed by atoms with Gasteiger partial charge >= 0.3 is 0 Å². The number of hydrogen-bond donors (Lipinski definition) is 2. The van der Waals surface area contributed by atoms with Crippen LogP contribution in [0.3, 0.4) is 0 Å². The van der Waals surface area contributed by atoms with Gasteiger partial charge in [-0.2, -0.15) is 5.10 Å². The molecule has 4 aliphatic rings. The first-order valence-electron chi connectivity index (χ1n) is 14.5. The van der Waals surface area contributed by atoms with E-state index in [1.165, 1.54) is 51.5 Å². The number of nitrogen functional groups attached to an aromatic ring is 1. The highest BCUT2D eigenvalue weighted by Gasteiger charge is 2.49. The third-order valence-corrected chi connectivity index (χ3v) is 9.01. The van der Waals surface area contributed by atoms with Crippen molar-refractivity contribution in [3.8, 4) is 22.8 Å². The van der Waals surface area contributed by atoms with Crippen LogP contribution in [0.25, 0.3) is 22.3 Å². The molecule has 1 spiro atoms. The van der Waals surface area contributed by atoms with Crippen LogP contribution >= 0.6 is 0 Å². The minimum absolute atomic E-state index is 0.400. The van der Waals surface area contributed by atoms with Crippen molar-refractivity contribution in [3.05, 3.63) is 60.9 Å². The number of rotatable bonds is 5. The molecule has 3 N–H and O–H groups in total. The van der Waals surface area contributed by atoms with Crippen LogP contribution in [0.1, 0.15) is 38.1 Å². The Labute approximate surface area is 234 Å². The summed E-state index contributed by atoms with van der Waals surface area (Å²) in [5.74, 6) is 2.07. The minimum atomic E-state index is 0.400. The Balaban J connectivity index is 0.000000222. The fourth-order valence-electron chi connectivity index (χ4n) is 6.44. The smallest absolute Gasteiger partial charge is 0.164 e. The highest BCUT2D eigenvalue weighted by Crippen LogP contribution is 2.60. The lowest BCUT2D eigenvalue weighted by atomic mass is 9.54. The van der Waals surface area contributed by atoms with Gasteiger partial charge in [0.2, 0.25) is 0 Å². The third kappa shape index (κ3) is 4.93. The number of benzene rings is 2. The van der Waals surface area contributed by atoms with E-state index in [4.69, 9.17) is 20.3 Å². The van der Waals surface area contributed by atoms with Gasteiger partial charge in [0.05, 0.1) is 30.7 Å². The van der Waals surface area contributed by atoms with E-state index in [9.17, 15) is 0 Å². The Morgan fingerprint density at radius 1 is 0.900 bits per heavy atom. The van der Waals surface area contributed by atoms with Crippen molar-refractivity contribution < 1.29 is 9.47 Å². The van der Waals surface area contributed by atoms with Crippen molar-refractivity contribution in [1.82, 2.24) is 30.0 Å². The molecule has 2 aromatic carbocycles. The van der Waals surface area contributed by atoms with Crippen molar-refractivity contribution in [2.45, 2.75) is 44.2 Å². The maximum absolute atomic E-state index is 6.26. The fraction of sp³-hybridized carbons (Fsp3) is 0.452. The van der Waals surface area contributed by atoms with E-state index in [0.29, 0.717) is 17.3 Å². The van der Waals surface area contributed by atoms with Gasteiger partial charge in [-0.3, -0.25) is 4.90 Å². The van der Waals surface area contributed by atoms with E-state index in [-0.39, 0.29) is 0 Å². The van der Waals surface area contributed by atoms with Gasteiger partial charge in [0, 0.05) is 31.7 Å². The molecule has 0 amide bonds. The monoisotopic (exact) mass is 539 g/mol. The molecular formula is C31H37N7O2. The average Bonchev–Trinajstić information content (AvgIpc) is 3.29. The topological polar surface area (TPSA) is 103 Å². The second kappa shape index (κ2) is 10.8. The highest BCUT2D eigenvalue weighted by atomic mass is 16.5. The molecule has 4 fully saturated rings. The number of hydrogen-bond acceptors (Lipinski definition) is 8. The number of nitrogens with two attached hydrogens (primary N) is 1. The summed E-state index contributed by atoms with van der Waals surface area (Å²) in [6.45, 7) is 6.62. The first-order valence-corrected chi connectivity index (χ1v) is 14.5. The van der Waals surface area contributed by atoms with Crippen LogP contribution in [0.5, 0.6) is 11.5 Å². The first kappa shape index (κ1) is 25.4. The zero-order valence-electron chi connectivity index (χ0n) is 22.8. The molecule has 0 bridgehead atoms. The van der Waals surface area contributed by atoms with E-state index >= 15 is 0 Å². The predicted molar refractivity (Wildman–Crippen MR) is 155 cm³/mol. The highest BCUT2D eigenvalue weighted by molar-refractivity contribution is 5.98. The van der Waals surface area contributed by atoms with E-state index in [1.807, 2.05) is 54.6 Å². The number of fused-ring (bicyclic) bond motifs is 1. The van der Waals surface area contributed by atoms with Crippen LogP contribution in [-0.2, 0) is 4.74 Å². The van der Waals surface area contributed by atoms with Gasteiger partial charge in [-0.05, 0) is 67.5 Å². The molecule has 0 radical (unpaired) electrons. The van der Waals surface area contributed by atoms with E-state index in [2.05, 4.69) is 24.9 Å². The molecule has 0 unspecified atom stereocenters. The van der Waals surface area contributed by atoms with Crippen LogP contribution in [0.2, 0.25) is 0 Å². The lowest BCUT2D eigenvalue weighted by Crippen LogP contribution is -2.55. The summed E-state index contributed by atoms with van der Waals surface area (Å²) in [6, 6.07) is 18.9. The number of ether oxygens (including phenoxy) is 2. The Kier molecular flexibility index (Phi) is 6.87. The molecule has 2 aliphatic heterocycles. The predicted octanol–water partition coefficient (Wildman–Crippen LogP) is 4.66. The van der Waals surface area contributed by atoms with Gasteiger partial charge in [0.15, 0.2) is 5.65 Å². The van der Waals surface area contributed by atoms with E-state index in [1.54, 1.807) is 0 Å². The SMILES string of the molecule is C1CN(C2COC2)CCN1.Nc1ncnc2c1c(-c1ccc(Oc3ccccc3)cc1)nn2C1CC2(CCC2)C1. The van der Waals surface area contributed by atoms with Crippen LogP contribution in [0.15, 0.2) is 60.9 Å². The Morgan fingerprint density at radius 3 is 2.27 bits per heavy atom. The van der Waals surface area contributed by atoms with Gasteiger partial charge in [-0.25, -0.2) is 14.6 Å². The average molecular weight is 540 g/mol. The van der Waals surface area contributed by atoms with Crippen LogP contribution in [0.4, 0.5) is 5.82 Å². The van der Waals surface area contributed by atoms with Crippen LogP contribution in [-0.4, -0.2) is 70.1 Å². The molecule has 2 saturated heterocycles. The van der Waals surface area contributed by atoms with Gasteiger partial charge in [-0.15, -0.1) is 0 Å². The second-order valence-corrected chi connectivity index (χ2v) is 11.6. The summed E-state index contributed by atoms with van der Waals surface area (Å²) in [6.07, 6.45) is 8.00. The van der Waals surface area contributed by atoms with Crippen LogP contribution < -0.4 is 15.8 Å². The molecule has 208 valence electrons. The molecule has 40 heavy (non-hydrogen) atoms. The molecule has 2 aliphatic carbocycles. The van der Waals surface area contributed by atoms with Crippen molar-refractivity contribution in [1.29, 1.82) is 0 Å². The van der Waals surface area contributed by atoms with Gasteiger partial charge < -0.3 is 20.5 Å².